The van der Waals surface area contributed by atoms with E-state index in [0.29, 0.717) is 16.3 Å². The summed E-state index contributed by atoms with van der Waals surface area (Å²) in [6.45, 7) is 7.03. The van der Waals surface area contributed by atoms with Crippen LogP contribution in [0.5, 0.6) is 0 Å². The second-order valence-electron chi connectivity index (χ2n) is 10.8. The quantitative estimate of drug-likeness (QED) is 0.304. The monoisotopic (exact) mass is 647 g/mol. The molecule has 3 aromatic rings. The van der Waals surface area contributed by atoms with Crippen molar-refractivity contribution in [2.75, 3.05) is 17.1 Å². The summed E-state index contributed by atoms with van der Waals surface area (Å²) in [7, 11) is -3.84. The smallest absolute Gasteiger partial charge is 0.244 e. The summed E-state index contributed by atoms with van der Waals surface area (Å²) in [5.74, 6) is -0.854. The Labute approximate surface area is 250 Å². The van der Waals surface area contributed by atoms with Crippen molar-refractivity contribution in [3.63, 3.8) is 0 Å². The highest BCUT2D eigenvalue weighted by atomic mass is 79.9. The number of hydrogen-bond acceptors (Lipinski definition) is 4. The van der Waals surface area contributed by atoms with E-state index < -0.39 is 34.1 Å². The van der Waals surface area contributed by atoms with E-state index in [1.807, 2.05) is 64.1 Å². The standard InChI is InChI=1S/C30H35BrClN3O4S/c1-21-16-25(14-15-26(21)31)35(40(5,38)39)20-28(36)34(19-23-12-9-13-24(32)17-23)27(29(37)33-30(2,3)4)18-22-10-7-6-8-11-22/h6-17,27H,18-20H2,1-5H3,(H,33,37)/t27-/m0/s1. The van der Waals surface area contributed by atoms with Crippen molar-refractivity contribution in [1.82, 2.24) is 10.2 Å². The van der Waals surface area contributed by atoms with Crippen LogP contribution in [-0.4, -0.2) is 49.5 Å². The van der Waals surface area contributed by atoms with Crippen LogP contribution in [0, 0.1) is 6.92 Å². The number of hydrogen-bond donors (Lipinski definition) is 1. The predicted octanol–water partition coefficient (Wildman–Crippen LogP) is 5.73. The van der Waals surface area contributed by atoms with Gasteiger partial charge in [-0.2, -0.15) is 0 Å². The van der Waals surface area contributed by atoms with Crippen molar-refractivity contribution in [2.45, 2.75) is 52.2 Å². The van der Waals surface area contributed by atoms with E-state index in [-0.39, 0.29) is 18.9 Å². The van der Waals surface area contributed by atoms with Crippen molar-refractivity contribution >= 4 is 55.1 Å². The minimum atomic E-state index is -3.84. The summed E-state index contributed by atoms with van der Waals surface area (Å²) < 4.78 is 27.7. The van der Waals surface area contributed by atoms with Crippen LogP contribution in [0.4, 0.5) is 5.69 Å². The molecule has 0 spiro atoms. The van der Waals surface area contributed by atoms with Gasteiger partial charge in [0.2, 0.25) is 21.8 Å². The maximum Gasteiger partial charge on any atom is 0.244 e. The maximum atomic E-state index is 14.1. The zero-order chi connectivity index (χ0) is 29.7. The lowest BCUT2D eigenvalue weighted by Crippen LogP contribution is -2.56. The summed E-state index contributed by atoms with van der Waals surface area (Å²) in [6.07, 6.45) is 1.30. The molecule has 0 aliphatic carbocycles. The molecule has 0 saturated heterocycles. The van der Waals surface area contributed by atoms with Gasteiger partial charge in [-0.3, -0.25) is 13.9 Å². The number of nitrogens with one attached hydrogen (secondary N) is 1. The number of benzene rings is 3. The summed E-state index contributed by atoms with van der Waals surface area (Å²) in [4.78, 5) is 29.3. The molecule has 0 aliphatic heterocycles. The van der Waals surface area contributed by atoms with Crippen LogP contribution in [0.2, 0.25) is 5.02 Å². The molecule has 3 rings (SSSR count). The number of anilines is 1. The molecule has 214 valence electrons. The molecule has 2 amide bonds. The minimum Gasteiger partial charge on any atom is -0.350 e. The summed E-state index contributed by atoms with van der Waals surface area (Å²) in [5.41, 5.74) is 2.21. The summed E-state index contributed by atoms with van der Waals surface area (Å²) >= 11 is 9.68. The number of carbonyl (C=O) groups is 2. The number of amides is 2. The highest BCUT2D eigenvalue weighted by molar-refractivity contribution is 9.10. The van der Waals surface area contributed by atoms with Gasteiger partial charge < -0.3 is 10.2 Å². The number of carbonyl (C=O) groups excluding carboxylic acids is 2. The zero-order valence-electron chi connectivity index (χ0n) is 23.3. The lowest BCUT2D eigenvalue weighted by molar-refractivity contribution is -0.140. The second-order valence-corrected chi connectivity index (χ2v) is 14.0. The fourth-order valence-corrected chi connectivity index (χ4v) is 5.54. The van der Waals surface area contributed by atoms with Gasteiger partial charge >= 0.3 is 0 Å². The Morgan fingerprint density at radius 3 is 2.20 bits per heavy atom. The molecular formula is C30H35BrClN3O4S. The molecule has 1 N–H and O–H groups in total. The largest absolute Gasteiger partial charge is 0.350 e. The topological polar surface area (TPSA) is 86.8 Å². The van der Waals surface area contributed by atoms with Gasteiger partial charge in [0.15, 0.2) is 0 Å². The average Bonchev–Trinajstić information content (AvgIpc) is 2.85. The first-order chi connectivity index (χ1) is 18.6. The summed E-state index contributed by atoms with van der Waals surface area (Å²) in [5, 5.41) is 3.50. The van der Waals surface area contributed by atoms with E-state index in [9.17, 15) is 18.0 Å². The molecule has 1 atom stereocenters. The Balaban J connectivity index is 2.09. The molecule has 0 radical (unpaired) electrons. The molecule has 0 aliphatic rings. The van der Waals surface area contributed by atoms with Gasteiger partial charge in [0.05, 0.1) is 11.9 Å². The molecule has 0 fully saturated rings. The average molecular weight is 649 g/mol. The van der Waals surface area contributed by atoms with E-state index in [0.717, 1.165) is 26.2 Å². The van der Waals surface area contributed by atoms with Crippen molar-refractivity contribution in [1.29, 1.82) is 0 Å². The van der Waals surface area contributed by atoms with Crippen LogP contribution < -0.4 is 9.62 Å². The molecule has 0 heterocycles. The molecule has 40 heavy (non-hydrogen) atoms. The molecule has 0 aromatic heterocycles. The van der Waals surface area contributed by atoms with Gasteiger partial charge in [0.25, 0.3) is 0 Å². The third-order valence-electron chi connectivity index (χ3n) is 6.12. The Kier molecular flexibility index (Phi) is 10.4. The van der Waals surface area contributed by atoms with Gasteiger partial charge in [-0.15, -0.1) is 0 Å². The molecule has 0 unspecified atom stereocenters. The van der Waals surface area contributed by atoms with Crippen LogP contribution in [0.3, 0.4) is 0 Å². The fourth-order valence-electron chi connectivity index (χ4n) is 4.24. The number of nitrogens with zero attached hydrogens (tertiary/aromatic N) is 2. The van der Waals surface area contributed by atoms with Gasteiger partial charge in [0, 0.05) is 28.0 Å². The third kappa shape index (κ3) is 9.08. The van der Waals surface area contributed by atoms with E-state index in [1.165, 1.54) is 4.90 Å². The molecule has 7 nitrogen and oxygen atoms in total. The maximum absolute atomic E-state index is 14.1. The van der Waals surface area contributed by atoms with Gasteiger partial charge in [-0.05, 0) is 74.7 Å². The van der Waals surface area contributed by atoms with Crippen molar-refractivity contribution in [3.05, 3.63) is 99.0 Å². The Morgan fingerprint density at radius 1 is 0.975 bits per heavy atom. The normalized spacial score (nSPS) is 12.5. The van der Waals surface area contributed by atoms with Gasteiger partial charge in [-0.1, -0.05) is 70.0 Å². The van der Waals surface area contributed by atoms with E-state index in [1.54, 1.807) is 36.4 Å². The Morgan fingerprint density at radius 2 is 1.62 bits per heavy atom. The summed E-state index contributed by atoms with van der Waals surface area (Å²) in [6, 6.07) is 20.6. The SMILES string of the molecule is Cc1cc(N(CC(=O)N(Cc2cccc(Cl)c2)[C@@H](Cc2ccccc2)C(=O)NC(C)(C)C)S(C)(=O)=O)ccc1Br. The van der Waals surface area contributed by atoms with Gasteiger partial charge in [0.1, 0.15) is 12.6 Å². The first-order valence-corrected chi connectivity index (χ1v) is 15.8. The molecule has 3 aromatic carbocycles. The number of rotatable bonds is 10. The highest BCUT2D eigenvalue weighted by Crippen LogP contribution is 2.26. The molecule has 0 bridgehead atoms. The van der Waals surface area contributed by atoms with Crippen molar-refractivity contribution < 1.29 is 18.0 Å². The first-order valence-electron chi connectivity index (χ1n) is 12.8. The van der Waals surface area contributed by atoms with E-state index in [2.05, 4.69) is 21.2 Å². The lowest BCUT2D eigenvalue weighted by atomic mass is 10.0. The van der Waals surface area contributed by atoms with Gasteiger partial charge in [-0.25, -0.2) is 8.42 Å². The minimum absolute atomic E-state index is 0.0609. The molecular weight excluding hydrogens is 614 g/mol. The fraction of sp³-hybridized carbons (Fsp3) is 0.333. The Hall–Kier alpha value is -2.88. The van der Waals surface area contributed by atoms with E-state index >= 15 is 0 Å². The number of sulfonamides is 1. The van der Waals surface area contributed by atoms with Crippen LogP contribution in [-0.2, 0) is 32.6 Å². The number of halogens is 2. The third-order valence-corrected chi connectivity index (χ3v) is 8.39. The van der Waals surface area contributed by atoms with Crippen molar-refractivity contribution in [3.8, 4) is 0 Å². The van der Waals surface area contributed by atoms with Crippen LogP contribution in [0.1, 0.15) is 37.5 Å². The van der Waals surface area contributed by atoms with Crippen LogP contribution >= 0.6 is 27.5 Å². The zero-order valence-corrected chi connectivity index (χ0v) is 26.5. The highest BCUT2D eigenvalue weighted by Gasteiger charge is 2.34. The van der Waals surface area contributed by atoms with E-state index in [4.69, 9.17) is 11.6 Å². The van der Waals surface area contributed by atoms with Crippen LogP contribution in [0.25, 0.3) is 0 Å². The van der Waals surface area contributed by atoms with Crippen LogP contribution in [0.15, 0.2) is 77.3 Å². The first kappa shape index (κ1) is 31.6. The van der Waals surface area contributed by atoms with Crippen molar-refractivity contribution in [2.24, 2.45) is 0 Å². The second kappa shape index (κ2) is 13.2. The lowest BCUT2D eigenvalue weighted by Gasteiger charge is -2.35. The molecule has 0 saturated carbocycles. The number of aryl methyl sites for hydroxylation is 1. The molecule has 10 heteroatoms. The predicted molar refractivity (Wildman–Crippen MR) is 165 cm³/mol. The Bertz CT molecular complexity index is 1460.